The number of aryl methyl sites for hydroxylation is 2. The second kappa shape index (κ2) is 10.2. The van der Waals surface area contributed by atoms with Gasteiger partial charge in [-0.3, -0.25) is 4.79 Å². The molecule has 1 aromatic heterocycles. The number of thioether (sulfide) groups is 1. The lowest BCUT2D eigenvalue weighted by atomic mass is 10.2. The van der Waals surface area contributed by atoms with Crippen LogP contribution in [0, 0.1) is 13.8 Å². The minimum absolute atomic E-state index is 0. The molecule has 1 aliphatic rings. The lowest BCUT2D eigenvalue weighted by molar-refractivity contribution is -0.116. The molecule has 5 nitrogen and oxygen atoms in total. The summed E-state index contributed by atoms with van der Waals surface area (Å²) in [6, 6.07) is 10.0. The number of hydrogen-bond acceptors (Lipinski definition) is 6. The van der Waals surface area contributed by atoms with Gasteiger partial charge in [0.2, 0.25) is 5.91 Å². The van der Waals surface area contributed by atoms with Crippen molar-refractivity contribution in [2.45, 2.75) is 36.4 Å². The second-order valence-corrected chi connectivity index (χ2v) is 8.23. The third kappa shape index (κ3) is 6.46. The molecule has 0 aliphatic carbocycles. The van der Waals surface area contributed by atoms with Gasteiger partial charge in [0, 0.05) is 52.5 Å². The van der Waals surface area contributed by atoms with Gasteiger partial charge < -0.3 is 10.6 Å². The van der Waals surface area contributed by atoms with E-state index in [0.29, 0.717) is 6.42 Å². The van der Waals surface area contributed by atoms with Crippen molar-refractivity contribution in [2.24, 2.45) is 0 Å². The minimum Gasteiger partial charge on any atom is -0.326 e. The van der Waals surface area contributed by atoms with E-state index in [1.807, 2.05) is 55.9 Å². The first-order chi connectivity index (χ1) is 12.1. The number of benzene rings is 1. The Kier molecular flexibility index (Phi) is 8.21. The summed E-state index contributed by atoms with van der Waals surface area (Å²) in [5, 5.41) is 7.10. The number of nitrogens with zero attached hydrogens (tertiary/aromatic N) is 2. The fourth-order valence-electron chi connectivity index (χ4n) is 2.64. The van der Waals surface area contributed by atoms with Crippen LogP contribution in [0.2, 0.25) is 0 Å². The molecule has 0 spiro atoms. The molecule has 1 amide bonds. The fourth-order valence-corrected chi connectivity index (χ4v) is 4.45. The Morgan fingerprint density at radius 2 is 1.96 bits per heavy atom. The van der Waals surface area contributed by atoms with Crippen LogP contribution in [0.5, 0.6) is 0 Å². The molecule has 0 bridgehead atoms. The summed E-state index contributed by atoms with van der Waals surface area (Å²) in [5.74, 6) is 2.18. The van der Waals surface area contributed by atoms with Gasteiger partial charge in [-0.15, -0.1) is 12.4 Å². The zero-order valence-corrected chi connectivity index (χ0v) is 17.3. The molecule has 0 saturated carbocycles. The summed E-state index contributed by atoms with van der Waals surface area (Å²) < 4.78 is 0. The molecule has 26 heavy (non-hydrogen) atoms. The maximum absolute atomic E-state index is 12.1. The summed E-state index contributed by atoms with van der Waals surface area (Å²) in [6.07, 6.45) is 0.514. The first-order valence-electron chi connectivity index (χ1n) is 8.30. The lowest BCUT2D eigenvalue weighted by Gasteiger charge is -2.22. The Hall–Kier alpha value is -1.28. The average molecular weight is 411 g/mol. The number of carbonyl (C=O) groups excluding carboxylic acids is 1. The largest absolute Gasteiger partial charge is 0.326 e. The van der Waals surface area contributed by atoms with E-state index in [4.69, 9.17) is 0 Å². The smallest absolute Gasteiger partial charge is 0.225 e. The molecule has 1 aromatic carbocycles. The summed E-state index contributed by atoms with van der Waals surface area (Å²) in [6.45, 7) is 4.92. The van der Waals surface area contributed by atoms with Crippen molar-refractivity contribution in [2.75, 3.05) is 23.4 Å². The quantitative estimate of drug-likeness (QED) is 0.732. The molecule has 0 radical (unpaired) electrons. The molecule has 2 N–H and O–H groups in total. The van der Waals surface area contributed by atoms with E-state index in [0.717, 1.165) is 45.2 Å². The Labute approximate surface area is 169 Å². The van der Waals surface area contributed by atoms with Crippen molar-refractivity contribution in [3.05, 3.63) is 41.7 Å². The van der Waals surface area contributed by atoms with Crippen molar-refractivity contribution in [1.82, 2.24) is 15.3 Å². The zero-order valence-electron chi connectivity index (χ0n) is 14.8. The van der Waals surface area contributed by atoms with Crippen LogP contribution in [0.4, 0.5) is 5.69 Å². The van der Waals surface area contributed by atoms with Gasteiger partial charge in [0.15, 0.2) is 5.16 Å². The van der Waals surface area contributed by atoms with Crippen LogP contribution in [-0.2, 0) is 4.79 Å². The number of halogens is 1. The number of rotatable bonds is 5. The number of anilines is 1. The monoisotopic (exact) mass is 410 g/mol. The SMILES string of the molecule is Cc1cc(C)nc(Sc2ccc(NC(=O)CC3CSCCN3)cc2)n1.Cl. The van der Waals surface area contributed by atoms with E-state index in [9.17, 15) is 4.79 Å². The highest BCUT2D eigenvalue weighted by atomic mass is 35.5. The Morgan fingerprint density at radius 1 is 1.27 bits per heavy atom. The van der Waals surface area contributed by atoms with Crippen molar-refractivity contribution in [1.29, 1.82) is 0 Å². The summed E-state index contributed by atoms with van der Waals surface area (Å²) >= 11 is 3.42. The van der Waals surface area contributed by atoms with Gasteiger partial charge in [-0.05, 0) is 55.9 Å². The number of nitrogens with one attached hydrogen (secondary N) is 2. The predicted molar refractivity (Wildman–Crippen MR) is 112 cm³/mol. The minimum atomic E-state index is 0. The second-order valence-electron chi connectivity index (χ2n) is 6.04. The third-order valence-electron chi connectivity index (χ3n) is 3.74. The maximum Gasteiger partial charge on any atom is 0.225 e. The van der Waals surface area contributed by atoms with Gasteiger partial charge >= 0.3 is 0 Å². The highest BCUT2D eigenvalue weighted by Gasteiger charge is 2.16. The van der Waals surface area contributed by atoms with E-state index >= 15 is 0 Å². The summed E-state index contributed by atoms with van der Waals surface area (Å²) in [4.78, 5) is 22.1. The topological polar surface area (TPSA) is 66.9 Å². The van der Waals surface area contributed by atoms with E-state index in [-0.39, 0.29) is 24.4 Å². The zero-order chi connectivity index (χ0) is 17.6. The van der Waals surface area contributed by atoms with Crippen molar-refractivity contribution >= 4 is 47.5 Å². The predicted octanol–water partition coefficient (Wildman–Crippen LogP) is 3.70. The van der Waals surface area contributed by atoms with Crippen LogP contribution in [0.15, 0.2) is 40.4 Å². The molecule has 3 rings (SSSR count). The molecule has 2 heterocycles. The number of hydrogen-bond donors (Lipinski definition) is 2. The highest BCUT2D eigenvalue weighted by Crippen LogP contribution is 2.26. The van der Waals surface area contributed by atoms with Gasteiger partial charge in [0.25, 0.3) is 0 Å². The summed E-state index contributed by atoms with van der Waals surface area (Å²) in [7, 11) is 0. The Morgan fingerprint density at radius 3 is 2.58 bits per heavy atom. The van der Waals surface area contributed by atoms with Gasteiger partial charge in [0.05, 0.1) is 0 Å². The van der Waals surface area contributed by atoms with Crippen LogP contribution in [0.25, 0.3) is 0 Å². The molecule has 1 atom stereocenters. The Balaban J connectivity index is 0.00000243. The van der Waals surface area contributed by atoms with E-state index in [2.05, 4.69) is 20.6 Å². The average Bonchev–Trinajstić information content (AvgIpc) is 2.56. The molecule has 8 heteroatoms. The van der Waals surface area contributed by atoms with E-state index < -0.39 is 0 Å². The molecule has 1 saturated heterocycles. The van der Waals surface area contributed by atoms with Crippen LogP contribution in [0.1, 0.15) is 17.8 Å². The number of aromatic nitrogens is 2. The van der Waals surface area contributed by atoms with E-state index in [1.54, 1.807) is 0 Å². The van der Waals surface area contributed by atoms with Crippen LogP contribution in [-0.4, -0.2) is 40.0 Å². The van der Waals surface area contributed by atoms with Crippen LogP contribution in [0.3, 0.4) is 0 Å². The molecule has 140 valence electrons. The van der Waals surface area contributed by atoms with E-state index in [1.165, 1.54) is 11.8 Å². The highest BCUT2D eigenvalue weighted by molar-refractivity contribution is 7.99. The molecular weight excluding hydrogens is 388 g/mol. The molecule has 1 unspecified atom stereocenters. The van der Waals surface area contributed by atoms with Crippen molar-refractivity contribution < 1.29 is 4.79 Å². The van der Waals surface area contributed by atoms with Gasteiger partial charge in [-0.1, -0.05) is 0 Å². The van der Waals surface area contributed by atoms with Gasteiger partial charge in [-0.2, -0.15) is 11.8 Å². The standard InChI is InChI=1S/C18H22N4OS2.ClH/c1-12-9-13(2)21-18(20-12)25-16-5-3-14(4-6-16)22-17(23)10-15-11-24-8-7-19-15;/h3-6,9,15,19H,7-8,10-11H2,1-2H3,(H,22,23);1H. The van der Waals surface area contributed by atoms with Crippen molar-refractivity contribution in [3.8, 4) is 0 Å². The number of carbonyl (C=O) groups is 1. The van der Waals surface area contributed by atoms with Crippen LogP contribution >= 0.6 is 35.9 Å². The van der Waals surface area contributed by atoms with Gasteiger partial charge in [-0.25, -0.2) is 9.97 Å². The molecule has 1 aliphatic heterocycles. The fraction of sp³-hybridized carbons (Fsp3) is 0.389. The van der Waals surface area contributed by atoms with Gasteiger partial charge in [0.1, 0.15) is 0 Å². The first kappa shape index (κ1) is 21.0. The Bertz CT molecular complexity index is 716. The first-order valence-corrected chi connectivity index (χ1v) is 10.3. The molecular formula is C18H23ClN4OS2. The normalized spacial score (nSPS) is 16.6. The van der Waals surface area contributed by atoms with Crippen molar-refractivity contribution in [3.63, 3.8) is 0 Å². The lowest BCUT2D eigenvalue weighted by Crippen LogP contribution is -2.39. The maximum atomic E-state index is 12.1. The summed E-state index contributed by atoms with van der Waals surface area (Å²) in [5.41, 5.74) is 2.75. The third-order valence-corrected chi connectivity index (χ3v) is 5.74. The molecule has 1 fully saturated rings. The van der Waals surface area contributed by atoms with Crippen LogP contribution < -0.4 is 10.6 Å². The molecule has 2 aromatic rings. The number of amides is 1.